The number of hydrogen-bond acceptors (Lipinski definition) is 5. The monoisotopic (exact) mass is 357 g/mol. The molecule has 0 unspecified atom stereocenters. The number of nitrogens with zero attached hydrogens (tertiary/aromatic N) is 2. The number of nitrogens with one attached hydrogen (secondary N) is 1. The summed E-state index contributed by atoms with van der Waals surface area (Å²) < 4.78 is 6.28. The summed E-state index contributed by atoms with van der Waals surface area (Å²) in [5.41, 5.74) is 1.28. The molecular formula is C13H16BrN3S2. The Morgan fingerprint density at radius 2 is 2.21 bits per heavy atom. The number of aryl methyl sites for hydroxylation is 1. The number of benzene rings is 1. The van der Waals surface area contributed by atoms with Crippen molar-refractivity contribution in [1.82, 2.24) is 14.7 Å². The average Bonchev–Trinajstić information content (AvgIpc) is 2.75. The highest BCUT2D eigenvalue weighted by molar-refractivity contribution is 9.10. The van der Waals surface area contributed by atoms with Crippen LogP contribution in [0.5, 0.6) is 0 Å². The van der Waals surface area contributed by atoms with Crippen LogP contribution in [-0.4, -0.2) is 15.4 Å². The van der Waals surface area contributed by atoms with E-state index in [1.165, 1.54) is 22.0 Å². The lowest BCUT2D eigenvalue weighted by Crippen LogP contribution is -2.21. The maximum Gasteiger partial charge on any atom is 0.174 e. The van der Waals surface area contributed by atoms with Gasteiger partial charge in [0.25, 0.3) is 0 Å². The third-order valence-electron chi connectivity index (χ3n) is 2.42. The van der Waals surface area contributed by atoms with Gasteiger partial charge in [-0.15, -0.1) is 0 Å². The maximum atomic E-state index is 4.37. The molecule has 19 heavy (non-hydrogen) atoms. The van der Waals surface area contributed by atoms with Crippen molar-refractivity contribution in [3.05, 3.63) is 34.1 Å². The SMILES string of the molecule is Cc1nsc(Sc2ccc(CNC(C)C)cc2Br)n1. The highest BCUT2D eigenvalue weighted by Gasteiger charge is 2.07. The summed E-state index contributed by atoms with van der Waals surface area (Å²) in [6.45, 7) is 7.10. The Kier molecular flexibility index (Phi) is 5.38. The van der Waals surface area contributed by atoms with Crippen molar-refractivity contribution in [2.24, 2.45) is 0 Å². The minimum absolute atomic E-state index is 0.497. The van der Waals surface area contributed by atoms with E-state index in [9.17, 15) is 0 Å². The fraction of sp³-hybridized carbons (Fsp3) is 0.385. The minimum atomic E-state index is 0.497. The summed E-state index contributed by atoms with van der Waals surface area (Å²) in [4.78, 5) is 5.54. The summed E-state index contributed by atoms with van der Waals surface area (Å²) in [6.07, 6.45) is 0. The first-order valence-electron chi connectivity index (χ1n) is 6.04. The molecule has 0 aliphatic rings. The molecule has 1 aromatic heterocycles. The Morgan fingerprint density at radius 3 is 2.79 bits per heavy atom. The molecule has 102 valence electrons. The van der Waals surface area contributed by atoms with Gasteiger partial charge in [0, 0.05) is 22.0 Å². The number of rotatable bonds is 5. The van der Waals surface area contributed by atoms with Crippen LogP contribution in [0.25, 0.3) is 0 Å². The van der Waals surface area contributed by atoms with Crippen LogP contribution in [-0.2, 0) is 6.54 Å². The van der Waals surface area contributed by atoms with Gasteiger partial charge in [-0.05, 0) is 52.1 Å². The highest BCUT2D eigenvalue weighted by Crippen LogP contribution is 2.34. The van der Waals surface area contributed by atoms with Gasteiger partial charge in [-0.25, -0.2) is 4.98 Å². The normalized spacial score (nSPS) is 11.2. The van der Waals surface area contributed by atoms with Crippen molar-refractivity contribution in [3.63, 3.8) is 0 Å². The molecule has 2 rings (SSSR count). The van der Waals surface area contributed by atoms with E-state index in [0.717, 1.165) is 21.2 Å². The van der Waals surface area contributed by atoms with E-state index < -0.39 is 0 Å². The van der Waals surface area contributed by atoms with Crippen LogP contribution in [0.1, 0.15) is 25.2 Å². The van der Waals surface area contributed by atoms with Gasteiger partial charge in [0.05, 0.1) is 0 Å². The molecule has 1 N–H and O–H groups in total. The number of hydrogen-bond donors (Lipinski definition) is 1. The van der Waals surface area contributed by atoms with Crippen molar-refractivity contribution in [2.75, 3.05) is 0 Å². The van der Waals surface area contributed by atoms with Crippen LogP contribution >= 0.6 is 39.2 Å². The quantitative estimate of drug-likeness (QED) is 0.867. The third kappa shape index (κ3) is 4.56. The second kappa shape index (κ2) is 6.83. The van der Waals surface area contributed by atoms with Crippen molar-refractivity contribution >= 4 is 39.2 Å². The van der Waals surface area contributed by atoms with Crippen LogP contribution in [0, 0.1) is 6.92 Å². The van der Waals surface area contributed by atoms with Crippen molar-refractivity contribution in [3.8, 4) is 0 Å². The summed E-state index contributed by atoms with van der Waals surface area (Å²) >= 11 is 6.71. The van der Waals surface area contributed by atoms with E-state index in [4.69, 9.17) is 0 Å². The van der Waals surface area contributed by atoms with Gasteiger partial charge in [0.2, 0.25) is 0 Å². The van der Waals surface area contributed by atoms with Crippen LogP contribution in [0.2, 0.25) is 0 Å². The van der Waals surface area contributed by atoms with E-state index in [1.54, 1.807) is 11.8 Å². The average molecular weight is 358 g/mol. The van der Waals surface area contributed by atoms with Crippen LogP contribution in [0.3, 0.4) is 0 Å². The lowest BCUT2D eigenvalue weighted by molar-refractivity contribution is 0.588. The Hall–Kier alpha value is -0.430. The molecule has 1 aromatic carbocycles. The fourth-order valence-corrected chi connectivity index (χ4v) is 3.75. The first kappa shape index (κ1) is 15.0. The van der Waals surface area contributed by atoms with Crippen molar-refractivity contribution in [2.45, 2.75) is 42.6 Å². The zero-order valence-corrected chi connectivity index (χ0v) is 14.3. The smallest absolute Gasteiger partial charge is 0.174 e. The standard InChI is InChI=1S/C13H16BrN3S2/c1-8(2)15-7-10-4-5-12(11(14)6-10)18-13-16-9(3)17-19-13/h4-6,8,15H,7H2,1-3H3. The van der Waals surface area contributed by atoms with Crippen LogP contribution < -0.4 is 5.32 Å². The van der Waals surface area contributed by atoms with E-state index in [2.05, 4.69) is 62.7 Å². The molecule has 0 aliphatic carbocycles. The minimum Gasteiger partial charge on any atom is -0.310 e. The molecule has 0 spiro atoms. The second-order valence-electron chi connectivity index (χ2n) is 4.51. The van der Waals surface area contributed by atoms with E-state index in [1.807, 2.05) is 6.92 Å². The molecule has 0 aliphatic heterocycles. The van der Waals surface area contributed by atoms with Gasteiger partial charge in [0.1, 0.15) is 5.82 Å². The van der Waals surface area contributed by atoms with Crippen LogP contribution in [0.4, 0.5) is 0 Å². The van der Waals surface area contributed by atoms with E-state index in [0.29, 0.717) is 6.04 Å². The molecule has 1 heterocycles. The lowest BCUT2D eigenvalue weighted by Gasteiger charge is -2.09. The number of aromatic nitrogens is 2. The molecule has 0 radical (unpaired) electrons. The first-order chi connectivity index (χ1) is 9.04. The zero-order valence-electron chi connectivity index (χ0n) is 11.1. The molecule has 0 atom stereocenters. The Morgan fingerprint density at radius 1 is 1.42 bits per heavy atom. The fourth-order valence-electron chi connectivity index (χ4n) is 1.47. The van der Waals surface area contributed by atoms with E-state index in [-0.39, 0.29) is 0 Å². The summed E-state index contributed by atoms with van der Waals surface area (Å²) in [6, 6.07) is 6.93. The van der Waals surface area contributed by atoms with Gasteiger partial charge in [-0.1, -0.05) is 31.7 Å². The lowest BCUT2D eigenvalue weighted by atomic mass is 10.2. The predicted octanol–water partition coefficient (Wildman–Crippen LogP) is 4.26. The largest absolute Gasteiger partial charge is 0.310 e. The summed E-state index contributed by atoms with van der Waals surface area (Å²) in [5, 5.41) is 3.41. The molecule has 2 aromatic rings. The first-order valence-corrected chi connectivity index (χ1v) is 8.43. The molecule has 0 fully saturated rings. The van der Waals surface area contributed by atoms with Gasteiger partial charge < -0.3 is 5.32 Å². The van der Waals surface area contributed by atoms with Gasteiger partial charge in [0.15, 0.2) is 4.34 Å². The third-order valence-corrected chi connectivity index (χ3v) is 5.25. The molecule has 0 amide bonds. The Labute approximate surface area is 130 Å². The molecule has 0 bridgehead atoms. The van der Waals surface area contributed by atoms with Crippen molar-refractivity contribution in [1.29, 1.82) is 0 Å². The van der Waals surface area contributed by atoms with Crippen molar-refractivity contribution < 1.29 is 0 Å². The number of halogens is 1. The summed E-state index contributed by atoms with van der Waals surface area (Å²) in [5.74, 6) is 0.835. The Balaban J connectivity index is 2.06. The van der Waals surface area contributed by atoms with Gasteiger partial charge >= 0.3 is 0 Å². The maximum absolute atomic E-state index is 4.37. The van der Waals surface area contributed by atoms with E-state index >= 15 is 0 Å². The molecular weight excluding hydrogens is 342 g/mol. The molecule has 3 nitrogen and oxygen atoms in total. The van der Waals surface area contributed by atoms with Gasteiger partial charge in [-0.2, -0.15) is 4.37 Å². The second-order valence-corrected chi connectivity index (χ2v) is 7.41. The van der Waals surface area contributed by atoms with Crippen LogP contribution in [0.15, 0.2) is 31.9 Å². The summed E-state index contributed by atoms with van der Waals surface area (Å²) in [7, 11) is 0. The molecule has 0 saturated heterocycles. The zero-order chi connectivity index (χ0) is 13.8. The highest BCUT2D eigenvalue weighted by atomic mass is 79.9. The van der Waals surface area contributed by atoms with Gasteiger partial charge in [-0.3, -0.25) is 0 Å². The topological polar surface area (TPSA) is 37.8 Å². The molecule has 0 saturated carbocycles. The molecule has 6 heteroatoms. The Bertz CT molecular complexity index is 555. The predicted molar refractivity (Wildman–Crippen MR) is 84.9 cm³/mol.